The number of aliphatic hydroxyl groups excluding tert-OH is 1. The van der Waals surface area contributed by atoms with E-state index in [0.717, 1.165) is 10.4 Å². The number of nitrogens with one attached hydrogen (secondary N) is 1. The highest BCUT2D eigenvalue weighted by molar-refractivity contribution is 6.99. The molecule has 0 unspecified atom stereocenters. The van der Waals surface area contributed by atoms with Crippen molar-refractivity contribution in [3.05, 3.63) is 116 Å². The monoisotopic (exact) mass is 753 g/mol. The average molecular weight is 755 g/mol. The number of hydrogen-bond acceptors (Lipinski definition) is 7. The third-order valence-electron chi connectivity index (χ3n) is 8.37. The highest BCUT2D eigenvalue weighted by atomic mass is 35.5. The zero-order valence-corrected chi connectivity index (χ0v) is 31.6. The zero-order valence-electron chi connectivity index (χ0n) is 28.3. The van der Waals surface area contributed by atoms with Crippen molar-refractivity contribution in [1.82, 2.24) is 14.9 Å². The van der Waals surface area contributed by atoms with Crippen LogP contribution in [0.25, 0.3) is 16.6 Å². The molecule has 0 saturated carbocycles. The lowest BCUT2D eigenvalue weighted by molar-refractivity contribution is -0.128. The summed E-state index contributed by atoms with van der Waals surface area (Å²) in [5.74, 6) is -0.227. The summed E-state index contributed by atoms with van der Waals surface area (Å²) in [6, 6.07) is 24.6. The van der Waals surface area contributed by atoms with Gasteiger partial charge in [-0.3, -0.25) is 9.59 Å². The van der Waals surface area contributed by atoms with Crippen molar-refractivity contribution in [2.24, 2.45) is 0 Å². The molecular formula is C37H38Cl3N3O6Si. The molecule has 13 heteroatoms. The maximum absolute atomic E-state index is 13.7. The fourth-order valence-electron chi connectivity index (χ4n) is 6.21. The van der Waals surface area contributed by atoms with Crippen LogP contribution < -0.4 is 30.6 Å². The minimum atomic E-state index is -3.07. The van der Waals surface area contributed by atoms with Gasteiger partial charge >= 0.3 is 0 Å². The molecule has 2 N–H and O–H groups in total. The Morgan fingerprint density at radius 1 is 0.960 bits per heavy atom. The predicted molar refractivity (Wildman–Crippen MR) is 202 cm³/mol. The van der Waals surface area contributed by atoms with Gasteiger partial charge in [0, 0.05) is 30.9 Å². The van der Waals surface area contributed by atoms with E-state index in [4.69, 9.17) is 48.7 Å². The van der Waals surface area contributed by atoms with Crippen molar-refractivity contribution in [1.29, 1.82) is 0 Å². The minimum absolute atomic E-state index is 0.0233. The van der Waals surface area contributed by atoms with Crippen LogP contribution in [0.15, 0.2) is 89.9 Å². The van der Waals surface area contributed by atoms with Gasteiger partial charge in [-0.1, -0.05) is 116 Å². The van der Waals surface area contributed by atoms with Gasteiger partial charge < -0.3 is 28.9 Å². The van der Waals surface area contributed by atoms with Gasteiger partial charge in [0.05, 0.1) is 45.7 Å². The quantitative estimate of drug-likeness (QED) is 0.148. The lowest BCUT2D eigenvalue weighted by Crippen LogP contribution is -2.67. The van der Waals surface area contributed by atoms with E-state index in [1.807, 2.05) is 36.4 Å². The van der Waals surface area contributed by atoms with Gasteiger partial charge in [0.25, 0.3) is 14.2 Å². The maximum Gasteiger partial charge on any atom is 0.263 e. The first-order valence-electron chi connectivity index (χ1n) is 15.9. The first-order chi connectivity index (χ1) is 23.8. The average Bonchev–Trinajstić information content (AvgIpc) is 3.08. The lowest BCUT2D eigenvalue weighted by atomic mass is 10.1. The molecule has 3 aromatic carbocycles. The number of likely N-dealkylation sites (N-methyl/N-ethyl adjacent to an activating group) is 1. The number of fused-ring (bicyclic) bond motifs is 1. The summed E-state index contributed by atoms with van der Waals surface area (Å²) in [4.78, 5) is 31.6. The molecule has 1 amide bonds. The van der Waals surface area contributed by atoms with E-state index < -0.39 is 25.8 Å². The number of ether oxygens (including phenoxy) is 2. The van der Waals surface area contributed by atoms with E-state index in [1.165, 1.54) is 19.3 Å². The van der Waals surface area contributed by atoms with Crippen molar-refractivity contribution in [3.63, 3.8) is 0 Å². The van der Waals surface area contributed by atoms with Gasteiger partial charge in [0.2, 0.25) is 12.0 Å². The molecule has 0 aliphatic rings. The van der Waals surface area contributed by atoms with Crippen LogP contribution in [0.4, 0.5) is 0 Å². The van der Waals surface area contributed by atoms with E-state index in [1.54, 1.807) is 23.6 Å². The van der Waals surface area contributed by atoms with Crippen molar-refractivity contribution >= 4 is 70.3 Å². The number of aryl methyl sites for hydroxylation is 1. The second-order valence-electron chi connectivity index (χ2n) is 12.6. The molecule has 0 aliphatic carbocycles. The van der Waals surface area contributed by atoms with E-state index in [0.29, 0.717) is 17.1 Å². The van der Waals surface area contributed by atoms with Gasteiger partial charge in [-0.15, -0.1) is 0 Å². The molecule has 0 bridgehead atoms. The highest BCUT2D eigenvalue weighted by Gasteiger charge is 2.50. The molecule has 5 rings (SSSR count). The van der Waals surface area contributed by atoms with Crippen LogP contribution in [-0.4, -0.2) is 61.9 Å². The fourth-order valence-corrected chi connectivity index (χ4v) is 11.6. The third-order valence-corrected chi connectivity index (χ3v) is 14.2. The Bertz CT molecular complexity index is 1990. The summed E-state index contributed by atoms with van der Waals surface area (Å²) in [6.07, 6.45) is 0.141. The predicted octanol–water partition coefficient (Wildman–Crippen LogP) is 6.10. The largest absolute Gasteiger partial charge is 0.491 e. The Morgan fingerprint density at radius 3 is 2.06 bits per heavy atom. The van der Waals surface area contributed by atoms with Gasteiger partial charge in [-0.05, 0) is 22.3 Å². The number of pyridine rings is 2. The van der Waals surface area contributed by atoms with Crippen LogP contribution in [0, 0.1) is 6.92 Å². The molecule has 2 aromatic heterocycles. The number of carbonyl (C=O) groups is 1. The van der Waals surface area contributed by atoms with E-state index >= 15 is 0 Å². The number of aliphatic hydroxyl groups is 1. The van der Waals surface area contributed by atoms with Crippen LogP contribution in [-0.2, 0) is 9.22 Å². The minimum Gasteiger partial charge on any atom is -0.491 e. The van der Waals surface area contributed by atoms with Crippen LogP contribution in [0.2, 0.25) is 20.1 Å². The van der Waals surface area contributed by atoms with E-state index in [2.05, 4.69) is 55.3 Å². The topological polar surface area (TPSA) is 112 Å². The van der Waals surface area contributed by atoms with Gasteiger partial charge in [0.15, 0.2) is 5.43 Å². The summed E-state index contributed by atoms with van der Waals surface area (Å²) in [5.41, 5.74) is 0.617. The molecule has 2 heterocycles. The SMILES string of the molecule is CNC(=O)[C@H](CO[Si](c1ccccc1)(c1ccccc1)C(C)(C)C)Oc1ncc(Cl)c2c1c(=O)cc(C)n2-c1c(Cl)cc(OCCO)cc1Cl. The molecule has 0 spiro atoms. The van der Waals surface area contributed by atoms with Crippen LogP contribution in [0.3, 0.4) is 0 Å². The number of rotatable bonds is 12. The highest BCUT2D eigenvalue weighted by Crippen LogP contribution is 2.39. The van der Waals surface area contributed by atoms with Gasteiger partial charge in [0.1, 0.15) is 17.7 Å². The molecule has 0 aliphatic heterocycles. The second-order valence-corrected chi connectivity index (χ2v) is 18.2. The first kappa shape index (κ1) is 37.4. The number of amides is 1. The van der Waals surface area contributed by atoms with Gasteiger partial charge in [-0.25, -0.2) is 4.98 Å². The Hall–Kier alpha value is -3.90. The molecule has 50 heavy (non-hydrogen) atoms. The van der Waals surface area contributed by atoms with Crippen LogP contribution in [0.1, 0.15) is 26.5 Å². The molecule has 1 atom stereocenters. The third kappa shape index (κ3) is 7.28. The summed E-state index contributed by atoms with van der Waals surface area (Å²) >= 11 is 20.2. The molecule has 5 aromatic rings. The van der Waals surface area contributed by atoms with Crippen molar-refractivity contribution in [3.8, 4) is 17.3 Å². The normalized spacial score (nSPS) is 12.5. The summed E-state index contributed by atoms with van der Waals surface area (Å²) in [7, 11) is -1.57. The number of benzene rings is 3. The smallest absolute Gasteiger partial charge is 0.263 e. The molecule has 0 radical (unpaired) electrons. The molecule has 262 valence electrons. The number of aromatic nitrogens is 2. The number of nitrogens with zero attached hydrogens (tertiary/aromatic N) is 2. The second kappa shape index (κ2) is 15.5. The Morgan fingerprint density at radius 2 is 1.54 bits per heavy atom. The van der Waals surface area contributed by atoms with E-state index in [9.17, 15) is 14.7 Å². The molecule has 9 nitrogen and oxygen atoms in total. The number of carbonyl (C=O) groups excluding carboxylic acids is 1. The van der Waals surface area contributed by atoms with Crippen molar-refractivity contribution in [2.45, 2.75) is 38.8 Å². The zero-order chi connectivity index (χ0) is 36.2. The van der Waals surface area contributed by atoms with Crippen molar-refractivity contribution < 1.29 is 23.8 Å². The molecular weight excluding hydrogens is 717 g/mol. The molecule has 0 saturated heterocycles. The first-order valence-corrected chi connectivity index (χ1v) is 19.0. The number of hydrogen-bond donors (Lipinski definition) is 2. The van der Waals surface area contributed by atoms with Gasteiger partial charge in [-0.2, -0.15) is 0 Å². The Kier molecular flexibility index (Phi) is 11.6. The Labute approximate surface area is 306 Å². The van der Waals surface area contributed by atoms with E-state index in [-0.39, 0.29) is 56.7 Å². The maximum atomic E-state index is 13.7. The summed E-state index contributed by atoms with van der Waals surface area (Å²) in [5, 5.41) is 14.1. The molecule has 0 fully saturated rings. The van der Waals surface area contributed by atoms with Crippen molar-refractivity contribution in [2.75, 3.05) is 26.9 Å². The standard InChI is InChI=1S/C37H38Cl3N3O6Si/c1-23-18-30(45)32-34(43(23)33-27(38)19-24(20-28(33)39)47-17-16-44)29(40)21-42-36(32)49-31(35(46)41-5)22-48-50(37(2,3)4,25-12-8-6-9-13-25)26-14-10-7-11-15-26/h6-15,18-21,31,44H,16-17,22H2,1-5H3,(H,41,46)/t31-/m0/s1. The Balaban J connectivity index is 1.63. The number of halogens is 3. The summed E-state index contributed by atoms with van der Waals surface area (Å²) < 4.78 is 20.5. The fraction of sp³-hybridized carbons (Fsp3) is 0.270. The lowest BCUT2D eigenvalue weighted by Gasteiger charge is -2.43. The summed E-state index contributed by atoms with van der Waals surface area (Å²) in [6.45, 7) is 7.83. The van der Waals surface area contributed by atoms with Crippen LogP contribution >= 0.6 is 34.8 Å². The van der Waals surface area contributed by atoms with Crippen LogP contribution in [0.5, 0.6) is 11.6 Å².